The summed E-state index contributed by atoms with van der Waals surface area (Å²) in [6.07, 6.45) is 3.91. The number of nitrogens with one attached hydrogen (secondary N) is 2. The van der Waals surface area contributed by atoms with E-state index in [1.165, 1.54) is 16.5 Å². The molecule has 4 aromatic rings. The van der Waals surface area contributed by atoms with Gasteiger partial charge in [-0.3, -0.25) is 5.43 Å². The molecule has 4 rings (SSSR count). The molecule has 0 amide bonds. The normalized spacial score (nSPS) is 11.6. The van der Waals surface area contributed by atoms with Crippen LogP contribution in [0.3, 0.4) is 0 Å². The smallest absolute Gasteiger partial charge is 0.0682 e. The first-order valence-corrected chi connectivity index (χ1v) is 8.88. The Kier molecular flexibility index (Phi) is 4.79. The minimum Gasteiger partial charge on any atom is -0.361 e. The molecule has 2 N–H and O–H groups in total. The van der Waals surface area contributed by atoms with Crippen molar-refractivity contribution in [2.24, 2.45) is 5.10 Å². The molecule has 3 aromatic carbocycles. The zero-order chi connectivity index (χ0) is 17.6. The molecule has 0 aliphatic rings. The number of nitrogens with zero attached hydrogens (tertiary/aromatic N) is 1. The summed E-state index contributed by atoms with van der Waals surface area (Å²) in [5.74, 6) is 0. The van der Waals surface area contributed by atoms with Crippen molar-refractivity contribution in [2.75, 3.05) is 5.43 Å². The first-order valence-electron chi connectivity index (χ1n) is 8.88. The Bertz CT molecular complexity index is 1000. The highest BCUT2D eigenvalue weighted by Gasteiger charge is 2.08. The van der Waals surface area contributed by atoms with Crippen LogP contribution in [0.2, 0.25) is 0 Å². The van der Waals surface area contributed by atoms with Gasteiger partial charge in [-0.2, -0.15) is 5.10 Å². The number of H-pyrrole nitrogens is 1. The van der Waals surface area contributed by atoms with Crippen LogP contribution < -0.4 is 5.43 Å². The molecule has 0 radical (unpaired) electrons. The molecule has 0 unspecified atom stereocenters. The van der Waals surface area contributed by atoms with Crippen LogP contribution in [-0.2, 0) is 6.42 Å². The Morgan fingerprint density at radius 1 is 0.808 bits per heavy atom. The number of aromatic amines is 1. The van der Waals surface area contributed by atoms with Crippen molar-refractivity contribution in [1.29, 1.82) is 0 Å². The average molecular weight is 339 g/mol. The highest BCUT2D eigenvalue weighted by Crippen LogP contribution is 2.20. The Balaban J connectivity index is 1.57. The summed E-state index contributed by atoms with van der Waals surface area (Å²) in [5.41, 5.74) is 8.89. The molecule has 0 saturated carbocycles. The van der Waals surface area contributed by atoms with E-state index in [0.29, 0.717) is 0 Å². The topological polar surface area (TPSA) is 40.2 Å². The summed E-state index contributed by atoms with van der Waals surface area (Å²) in [5, 5.41) is 5.99. The van der Waals surface area contributed by atoms with Gasteiger partial charge in [0.2, 0.25) is 0 Å². The predicted molar refractivity (Wildman–Crippen MR) is 110 cm³/mol. The lowest BCUT2D eigenvalue weighted by Crippen LogP contribution is -2.06. The van der Waals surface area contributed by atoms with Crippen LogP contribution >= 0.6 is 0 Å². The molecule has 0 atom stereocenters. The number of hydrogen-bond donors (Lipinski definition) is 2. The Morgan fingerprint density at radius 2 is 1.50 bits per heavy atom. The molecule has 0 aliphatic heterocycles. The van der Waals surface area contributed by atoms with Crippen molar-refractivity contribution < 1.29 is 0 Å². The van der Waals surface area contributed by atoms with Gasteiger partial charge in [-0.05, 0) is 42.2 Å². The highest BCUT2D eigenvalue weighted by molar-refractivity contribution is 6.01. The van der Waals surface area contributed by atoms with Gasteiger partial charge >= 0.3 is 0 Å². The SMILES string of the molecule is c1ccc(N/N=C(\CCc2c[nH]c3ccccc23)c2ccccc2)cc1. The van der Waals surface area contributed by atoms with Crippen LogP contribution in [0.4, 0.5) is 5.69 Å². The number of hydrazone groups is 1. The Morgan fingerprint density at radius 3 is 2.31 bits per heavy atom. The number of para-hydroxylation sites is 2. The first-order chi connectivity index (χ1) is 12.9. The van der Waals surface area contributed by atoms with Gasteiger partial charge in [-0.15, -0.1) is 0 Å². The minimum absolute atomic E-state index is 0.867. The van der Waals surface area contributed by atoms with Gasteiger partial charge in [0.25, 0.3) is 0 Å². The van der Waals surface area contributed by atoms with E-state index >= 15 is 0 Å². The number of aromatic nitrogens is 1. The van der Waals surface area contributed by atoms with Crippen LogP contribution in [0.1, 0.15) is 17.5 Å². The number of fused-ring (bicyclic) bond motifs is 1. The maximum absolute atomic E-state index is 4.70. The fraction of sp³-hybridized carbons (Fsp3) is 0.0870. The standard InChI is InChI=1S/C23H21N3/c1-3-9-18(10-4-1)22(26-25-20-11-5-2-6-12-20)16-15-19-17-24-23-14-8-7-13-21(19)23/h1-14,17,24-25H,15-16H2/b26-22+. The number of aryl methyl sites for hydroxylation is 1. The molecule has 3 heteroatoms. The molecule has 0 bridgehead atoms. The third kappa shape index (κ3) is 3.67. The fourth-order valence-corrected chi connectivity index (χ4v) is 3.13. The van der Waals surface area contributed by atoms with Gasteiger partial charge in [-0.25, -0.2) is 0 Å². The van der Waals surface area contributed by atoms with E-state index in [9.17, 15) is 0 Å². The van der Waals surface area contributed by atoms with Gasteiger partial charge in [0.1, 0.15) is 0 Å². The quantitative estimate of drug-likeness (QED) is 0.347. The lowest BCUT2D eigenvalue weighted by molar-refractivity contribution is 1.04. The Labute approximate surface area is 153 Å². The number of rotatable bonds is 6. The van der Waals surface area contributed by atoms with Crippen LogP contribution in [0, 0.1) is 0 Å². The molecule has 26 heavy (non-hydrogen) atoms. The fourth-order valence-electron chi connectivity index (χ4n) is 3.13. The van der Waals surface area contributed by atoms with Crippen molar-refractivity contribution in [3.05, 3.63) is 102 Å². The summed E-state index contributed by atoms with van der Waals surface area (Å²) in [6.45, 7) is 0. The van der Waals surface area contributed by atoms with Crippen molar-refractivity contribution in [1.82, 2.24) is 4.98 Å². The molecule has 1 aromatic heterocycles. The molecule has 0 fully saturated rings. The molecule has 1 heterocycles. The molecule has 0 aliphatic carbocycles. The summed E-state index contributed by atoms with van der Waals surface area (Å²) in [7, 11) is 0. The van der Waals surface area contributed by atoms with Gasteiger partial charge in [0.05, 0.1) is 11.4 Å². The monoisotopic (exact) mass is 339 g/mol. The summed E-state index contributed by atoms with van der Waals surface area (Å²) >= 11 is 0. The summed E-state index contributed by atoms with van der Waals surface area (Å²) < 4.78 is 0. The lowest BCUT2D eigenvalue weighted by atomic mass is 10.0. The highest BCUT2D eigenvalue weighted by atomic mass is 15.3. The third-order valence-corrected chi connectivity index (χ3v) is 4.51. The lowest BCUT2D eigenvalue weighted by Gasteiger charge is -2.08. The van der Waals surface area contributed by atoms with Crippen LogP contribution in [0.15, 0.2) is 96.2 Å². The maximum atomic E-state index is 4.70. The van der Waals surface area contributed by atoms with Crippen molar-refractivity contribution >= 4 is 22.3 Å². The predicted octanol–water partition coefficient (Wildman–Crippen LogP) is 5.62. The van der Waals surface area contributed by atoms with Crippen LogP contribution in [0.5, 0.6) is 0 Å². The van der Waals surface area contributed by atoms with Gasteiger partial charge in [-0.1, -0.05) is 66.7 Å². The molecule has 128 valence electrons. The van der Waals surface area contributed by atoms with E-state index in [-0.39, 0.29) is 0 Å². The van der Waals surface area contributed by atoms with Crippen LogP contribution in [0.25, 0.3) is 10.9 Å². The molecule has 0 spiro atoms. The van der Waals surface area contributed by atoms with E-state index in [1.54, 1.807) is 0 Å². The molecular weight excluding hydrogens is 318 g/mol. The molecule has 0 saturated heterocycles. The second kappa shape index (κ2) is 7.70. The van der Waals surface area contributed by atoms with E-state index < -0.39 is 0 Å². The number of anilines is 1. The number of hydrogen-bond acceptors (Lipinski definition) is 2. The summed E-state index contributed by atoms with van der Waals surface area (Å²) in [6, 6.07) is 28.8. The zero-order valence-electron chi connectivity index (χ0n) is 14.5. The largest absolute Gasteiger partial charge is 0.361 e. The van der Waals surface area contributed by atoms with Crippen molar-refractivity contribution in [2.45, 2.75) is 12.8 Å². The minimum atomic E-state index is 0.867. The number of benzene rings is 3. The maximum Gasteiger partial charge on any atom is 0.0682 e. The average Bonchev–Trinajstić information content (AvgIpc) is 3.13. The Hall–Kier alpha value is -3.33. The van der Waals surface area contributed by atoms with E-state index in [0.717, 1.165) is 29.8 Å². The second-order valence-electron chi connectivity index (χ2n) is 6.26. The molecule has 3 nitrogen and oxygen atoms in total. The second-order valence-corrected chi connectivity index (χ2v) is 6.26. The van der Waals surface area contributed by atoms with E-state index in [1.807, 2.05) is 36.4 Å². The van der Waals surface area contributed by atoms with Crippen LogP contribution in [-0.4, -0.2) is 10.7 Å². The first kappa shape index (κ1) is 16.2. The third-order valence-electron chi connectivity index (χ3n) is 4.51. The summed E-state index contributed by atoms with van der Waals surface area (Å²) in [4.78, 5) is 3.35. The van der Waals surface area contributed by atoms with Gasteiger partial charge < -0.3 is 4.98 Å². The van der Waals surface area contributed by atoms with E-state index in [2.05, 4.69) is 65.1 Å². The zero-order valence-corrected chi connectivity index (χ0v) is 14.5. The van der Waals surface area contributed by atoms with Gasteiger partial charge in [0, 0.05) is 17.1 Å². The van der Waals surface area contributed by atoms with E-state index in [4.69, 9.17) is 5.10 Å². The van der Waals surface area contributed by atoms with Crippen molar-refractivity contribution in [3.8, 4) is 0 Å². The van der Waals surface area contributed by atoms with Gasteiger partial charge in [0.15, 0.2) is 0 Å². The van der Waals surface area contributed by atoms with Crippen molar-refractivity contribution in [3.63, 3.8) is 0 Å². The molecular formula is C23H21N3.